The summed E-state index contributed by atoms with van der Waals surface area (Å²) in [6.45, 7) is 6.73. The van der Waals surface area contributed by atoms with E-state index in [9.17, 15) is 5.11 Å². The summed E-state index contributed by atoms with van der Waals surface area (Å²) >= 11 is 0. The first kappa shape index (κ1) is 20.0. The highest BCUT2D eigenvalue weighted by molar-refractivity contribution is 5.30. The molecule has 5 aliphatic rings. The molecule has 29 heavy (non-hydrogen) atoms. The van der Waals surface area contributed by atoms with Gasteiger partial charge in [-0.25, -0.2) is 0 Å². The van der Waals surface area contributed by atoms with Crippen LogP contribution in [-0.2, 0) is 10.2 Å². The van der Waals surface area contributed by atoms with E-state index in [-0.39, 0.29) is 6.10 Å². The topological polar surface area (TPSA) is 32.7 Å². The van der Waals surface area contributed by atoms with Crippen LogP contribution in [0.5, 0.6) is 0 Å². The molecular weight excluding hydrogens is 358 g/mol. The van der Waals surface area contributed by atoms with Gasteiger partial charge >= 0.3 is 0 Å². The molecule has 4 saturated carbocycles. The van der Waals surface area contributed by atoms with Gasteiger partial charge in [0.15, 0.2) is 0 Å². The van der Waals surface area contributed by atoms with Crippen LogP contribution in [0.15, 0.2) is 30.3 Å². The summed E-state index contributed by atoms with van der Waals surface area (Å²) in [5, 5.41) is 10.5. The van der Waals surface area contributed by atoms with Crippen molar-refractivity contribution in [3.8, 4) is 0 Å². The number of rotatable bonds is 7. The Hall–Kier alpha value is -0.900. The Morgan fingerprint density at radius 1 is 1.07 bits per heavy atom. The van der Waals surface area contributed by atoms with Gasteiger partial charge in [-0.2, -0.15) is 0 Å². The lowest BCUT2D eigenvalue weighted by Crippen LogP contribution is -2.55. The third-order valence-electron chi connectivity index (χ3n) is 8.63. The molecule has 3 atom stereocenters. The van der Waals surface area contributed by atoms with Crippen molar-refractivity contribution in [1.82, 2.24) is 4.90 Å². The maximum absolute atomic E-state index is 10.5. The monoisotopic (exact) mass is 397 g/mol. The molecule has 1 aromatic carbocycles. The number of ether oxygens (including phenoxy) is 1. The molecule has 0 radical (unpaired) electrons. The summed E-state index contributed by atoms with van der Waals surface area (Å²) in [5.41, 5.74) is 2.30. The Morgan fingerprint density at radius 2 is 1.76 bits per heavy atom. The molecule has 3 nitrogen and oxygen atoms in total. The van der Waals surface area contributed by atoms with E-state index in [1.54, 1.807) is 5.56 Å². The molecule has 1 N–H and O–H groups in total. The number of nitrogens with zero attached hydrogens (tertiary/aromatic N) is 1. The minimum absolute atomic E-state index is 0.347. The van der Waals surface area contributed by atoms with Crippen LogP contribution in [0.2, 0.25) is 0 Å². The van der Waals surface area contributed by atoms with E-state index in [0.29, 0.717) is 17.4 Å². The molecular formula is C26H39NO2. The summed E-state index contributed by atoms with van der Waals surface area (Å²) in [6.07, 6.45) is 10.4. The van der Waals surface area contributed by atoms with Gasteiger partial charge in [-0.3, -0.25) is 0 Å². The Balaban J connectivity index is 1.18. The summed E-state index contributed by atoms with van der Waals surface area (Å²) in [4.78, 5) is 2.42. The third kappa shape index (κ3) is 4.16. The van der Waals surface area contributed by atoms with Gasteiger partial charge in [0.1, 0.15) is 0 Å². The van der Waals surface area contributed by atoms with E-state index in [4.69, 9.17) is 4.74 Å². The van der Waals surface area contributed by atoms with Gasteiger partial charge < -0.3 is 14.7 Å². The van der Waals surface area contributed by atoms with Crippen LogP contribution in [-0.4, -0.2) is 49.0 Å². The van der Waals surface area contributed by atoms with Gasteiger partial charge in [0.2, 0.25) is 0 Å². The zero-order chi connectivity index (χ0) is 19.9. The second-order valence-electron chi connectivity index (χ2n) is 11.3. The number of aliphatic hydroxyl groups is 1. The Kier molecular flexibility index (Phi) is 5.51. The number of hydrogen-bond donors (Lipinski definition) is 1. The van der Waals surface area contributed by atoms with E-state index in [1.165, 1.54) is 51.4 Å². The van der Waals surface area contributed by atoms with Crippen LogP contribution >= 0.6 is 0 Å². The van der Waals surface area contributed by atoms with Gasteiger partial charge in [0.25, 0.3) is 0 Å². The predicted molar refractivity (Wildman–Crippen MR) is 117 cm³/mol. The van der Waals surface area contributed by atoms with Gasteiger partial charge in [-0.1, -0.05) is 37.3 Å². The summed E-state index contributed by atoms with van der Waals surface area (Å²) in [7, 11) is 0. The van der Waals surface area contributed by atoms with Gasteiger partial charge in [-0.05, 0) is 98.6 Å². The lowest BCUT2D eigenvalue weighted by Gasteiger charge is -2.62. The standard InChI is InChI=1S/C26H39NO2/c1-20-7-9-27(10-8-20)16-24(28)17-29-19-25-12-21-11-22(13-25)15-26(14-21,18-25)23-5-3-2-4-6-23/h2-6,20-22,24,28H,7-19H2,1H3/t21?,22?,24-,25?,26?/m1/s1. The van der Waals surface area contributed by atoms with Gasteiger partial charge in [0.05, 0.1) is 19.3 Å². The summed E-state index contributed by atoms with van der Waals surface area (Å²) < 4.78 is 6.25. The van der Waals surface area contributed by atoms with Crippen LogP contribution in [0, 0.1) is 23.2 Å². The maximum atomic E-state index is 10.5. The van der Waals surface area contributed by atoms with E-state index in [0.717, 1.165) is 44.0 Å². The Morgan fingerprint density at radius 3 is 2.45 bits per heavy atom. The highest BCUT2D eigenvalue weighted by Crippen LogP contribution is 2.65. The Labute approximate surface area is 176 Å². The number of benzene rings is 1. The fourth-order valence-electron chi connectivity index (χ4n) is 7.76. The smallest absolute Gasteiger partial charge is 0.0900 e. The first-order chi connectivity index (χ1) is 14.0. The minimum Gasteiger partial charge on any atom is -0.389 e. The quantitative estimate of drug-likeness (QED) is 0.728. The van der Waals surface area contributed by atoms with Crippen LogP contribution in [0.25, 0.3) is 0 Å². The van der Waals surface area contributed by atoms with Crippen molar-refractivity contribution >= 4 is 0 Å². The number of piperidine rings is 1. The normalized spacial score (nSPS) is 38.4. The third-order valence-corrected chi connectivity index (χ3v) is 8.63. The van der Waals surface area contributed by atoms with E-state index < -0.39 is 0 Å². The fourth-order valence-corrected chi connectivity index (χ4v) is 7.76. The van der Waals surface area contributed by atoms with Crippen molar-refractivity contribution in [3.05, 3.63) is 35.9 Å². The highest BCUT2D eigenvalue weighted by atomic mass is 16.5. The predicted octanol–water partition coefficient (Wildman–Crippen LogP) is 4.63. The second kappa shape index (κ2) is 7.98. The van der Waals surface area contributed by atoms with Gasteiger partial charge in [0, 0.05) is 6.54 Å². The molecule has 2 unspecified atom stereocenters. The molecule has 4 aliphatic carbocycles. The van der Waals surface area contributed by atoms with E-state index in [2.05, 4.69) is 42.2 Å². The van der Waals surface area contributed by atoms with Crippen LogP contribution in [0.1, 0.15) is 63.9 Å². The van der Waals surface area contributed by atoms with Gasteiger partial charge in [-0.15, -0.1) is 0 Å². The number of hydrogen-bond acceptors (Lipinski definition) is 3. The number of β-amino-alcohol motifs (C(OH)–C–C–N with tert-alkyl or cyclic N) is 1. The van der Waals surface area contributed by atoms with Crippen molar-refractivity contribution in [3.63, 3.8) is 0 Å². The summed E-state index contributed by atoms with van der Waals surface area (Å²) in [6, 6.07) is 11.3. The number of likely N-dealkylation sites (tertiary alicyclic amines) is 1. The molecule has 0 spiro atoms. The number of aliphatic hydroxyl groups excluding tert-OH is 1. The molecule has 0 aromatic heterocycles. The zero-order valence-electron chi connectivity index (χ0n) is 18.2. The van der Waals surface area contributed by atoms with Crippen LogP contribution in [0.3, 0.4) is 0 Å². The molecule has 4 bridgehead atoms. The molecule has 1 saturated heterocycles. The molecule has 6 rings (SSSR count). The average molecular weight is 398 g/mol. The van der Waals surface area contributed by atoms with Crippen molar-refractivity contribution in [2.75, 3.05) is 32.8 Å². The van der Waals surface area contributed by atoms with Crippen LogP contribution in [0.4, 0.5) is 0 Å². The largest absolute Gasteiger partial charge is 0.389 e. The molecule has 0 amide bonds. The fraction of sp³-hybridized carbons (Fsp3) is 0.769. The highest BCUT2D eigenvalue weighted by Gasteiger charge is 2.58. The average Bonchev–Trinajstić information content (AvgIpc) is 2.69. The van der Waals surface area contributed by atoms with Crippen molar-refractivity contribution in [2.24, 2.45) is 23.2 Å². The zero-order valence-corrected chi connectivity index (χ0v) is 18.2. The summed E-state index contributed by atoms with van der Waals surface area (Å²) in [5.74, 6) is 2.59. The second-order valence-corrected chi connectivity index (χ2v) is 11.3. The van der Waals surface area contributed by atoms with Crippen molar-refractivity contribution < 1.29 is 9.84 Å². The Bertz CT molecular complexity index is 667. The molecule has 1 aliphatic heterocycles. The van der Waals surface area contributed by atoms with E-state index in [1.807, 2.05) is 0 Å². The van der Waals surface area contributed by atoms with Crippen molar-refractivity contribution in [1.29, 1.82) is 0 Å². The minimum atomic E-state index is -0.347. The molecule has 160 valence electrons. The van der Waals surface area contributed by atoms with E-state index >= 15 is 0 Å². The maximum Gasteiger partial charge on any atom is 0.0900 e. The van der Waals surface area contributed by atoms with Crippen molar-refractivity contribution in [2.45, 2.75) is 69.8 Å². The molecule has 5 fully saturated rings. The molecule has 3 heteroatoms. The van der Waals surface area contributed by atoms with Crippen LogP contribution < -0.4 is 0 Å². The first-order valence-electron chi connectivity index (χ1n) is 12.1. The molecule has 1 aromatic rings. The SMILES string of the molecule is CC1CCN(C[C@@H](O)COCC23CC4CC(C2)CC(c2ccccc2)(C4)C3)CC1. The molecule has 1 heterocycles. The lowest BCUT2D eigenvalue weighted by molar-refractivity contribution is -0.119. The first-order valence-corrected chi connectivity index (χ1v) is 12.1. The lowest BCUT2D eigenvalue weighted by atomic mass is 9.43.